The van der Waals surface area contributed by atoms with E-state index in [0.29, 0.717) is 45.9 Å². The van der Waals surface area contributed by atoms with E-state index < -0.39 is 0 Å². The Balaban J connectivity index is 1.46. The molecule has 4 rings (SSSR count). The van der Waals surface area contributed by atoms with E-state index in [0.717, 1.165) is 22.6 Å². The molecule has 1 aromatic carbocycles. The van der Waals surface area contributed by atoms with Crippen molar-refractivity contribution < 1.29 is 18.7 Å². The topological polar surface area (TPSA) is 68.0 Å². The molecule has 1 aliphatic heterocycles. The zero-order valence-electron chi connectivity index (χ0n) is 18.4. The predicted octanol–water partition coefficient (Wildman–Crippen LogP) is 3.25. The number of furan rings is 1. The van der Waals surface area contributed by atoms with Crippen molar-refractivity contribution in [3.63, 3.8) is 0 Å². The molecule has 168 valence electrons. The number of amides is 1. The van der Waals surface area contributed by atoms with Gasteiger partial charge in [-0.2, -0.15) is 0 Å². The van der Waals surface area contributed by atoms with Crippen molar-refractivity contribution in [1.82, 2.24) is 14.8 Å². The van der Waals surface area contributed by atoms with E-state index in [1.165, 1.54) is 0 Å². The molecule has 1 amide bonds. The fourth-order valence-corrected chi connectivity index (χ4v) is 3.88. The number of ether oxygens (including phenoxy) is 2. The Morgan fingerprint density at radius 3 is 2.56 bits per heavy atom. The number of methoxy groups -OCH3 is 1. The summed E-state index contributed by atoms with van der Waals surface area (Å²) in [5.74, 6) is 1.66. The van der Waals surface area contributed by atoms with E-state index in [9.17, 15) is 4.79 Å². The van der Waals surface area contributed by atoms with Gasteiger partial charge in [0, 0.05) is 39.1 Å². The van der Waals surface area contributed by atoms with Gasteiger partial charge in [0.1, 0.15) is 18.1 Å². The van der Waals surface area contributed by atoms with Crippen molar-refractivity contribution >= 4 is 5.91 Å². The van der Waals surface area contributed by atoms with Crippen LogP contribution in [0.5, 0.6) is 0 Å². The van der Waals surface area contributed by atoms with Crippen LogP contribution in [-0.2, 0) is 40.6 Å². The predicted molar refractivity (Wildman–Crippen MR) is 119 cm³/mol. The molecule has 7 nitrogen and oxygen atoms in total. The van der Waals surface area contributed by atoms with Crippen molar-refractivity contribution in [2.75, 3.05) is 26.7 Å². The van der Waals surface area contributed by atoms with Crippen LogP contribution in [0.1, 0.15) is 22.6 Å². The Kier molecular flexibility index (Phi) is 7.66. The molecule has 1 atom stereocenters. The first-order valence-electron chi connectivity index (χ1n) is 10.8. The third-order valence-corrected chi connectivity index (χ3v) is 5.41. The summed E-state index contributed by atoms with van der Waals surface area (Å²) in [5.41, 5.74) is 2.12. The summed E-state index contributed by atoms with van der Waals surface area (Å²) < 4.78 is 17.3. The lowest BCUT2D eigenvalue weighted by atomic mass is 10.2. The third kappa shape index (κ3) is 6.26. The number of carbonyl (C=O) groups excluding carboxylic acids is 1. The van der Waals surface area contributed by atoms with Gasteiger partial charge in [0.2, 0.25) is 5.91 Å². The standard InChI is InChI=1S/C25H29N3O4/c1-30-19-23-10-9-22(32-23)14-27-15-24(31-18-20-6-3-2-4-7-20)16-28(25(29)17-27)13-21-8-5-11-26-12-21/h2-12,24H,13-19H2,1H3/t24-/m0/s1. The summed E-state index contributed by atoms with van der Waals surface area (Å²) in [5, 5.41) is 0. The highest BCUT2D eigenvalue weighted by atomic mass is 16.5. The molecule has 0 spiro atoms. The summed E-state index contributed by atoms with van der Waals surface area (Å²) in [6.45, 7) is 3.48. The summed E-state index contributed by atoms with van der Waals surface area (Å²) in [7, 11) is 1.64. The number of carbonyl (C=O) groups is 1. The van der Waals surface area contributed by atoms with E-state index in [4.69, 9.17) is 13.9 Å². The summed E-state index contributed by atoms with van der Waals surface area (Å²) >= 11 is 0. The average molecular weight is 436 g/mol. The van der Waals surface area contributed by atoms with E-state index in [2.05, 4.69) is 9.88 Å². The fraction of sp³-hybridized carbons (Fsp3) is 0.360. The van der Waals surface area contributed by atoms with Crippen LogP contribution in [0.3, 0.4) is 0 Å². The SMILES string of the molecule is COCc1ccc(CN2CC(=O)N(Cc3cccnc3)C[C@@H](OCc3ccccc3)C2)o1. The van der Waals surface area contributed by atoms with Crippen LogP contribution in [0, 0.1) is 0 Å². The number of aromatic nitrogens is 1. The first-order valence-corrected chi connectivity index (χ1v) is 10.8. The number of rotatable bonds is 9. The van der Waals surface area contributed by atoms with Gasteiger partial charge in [-0.1, -0.05) is 36.4 Å². The number of benzene rings is 1. The van der Waals surface area contributed by atoms with E-state index in [1.807, 2.05) is 59.5 Å². The normalized spacial score (nSPS) is 17.5. The molecule has 0 N–H and O–H groups in total. The molecule has 2 aromatic heterocycles. The molecule has 32 heavy (non-hydrogen) atoms. The van der Waals surface area contributed by atoms with Gasteiger partial charge in [0.25, 0.3) is 0 Å². The second-order valence-electron chi connectivity index (χ2n) is 8.02. The van der Waals surface area contributed by atoms with Crippen molar-refractivity contribution in [2.24, 2.45) is 0 Å². The van der Waals surface area contributed by atoms with Gasteiger partial charge in [0.05, 0.1) is 25.8 Å². The van der Waals surface area contributed by atoms with Crippen molar-refractivity contribution in [2.45, 2.75) is 32.4 Å². The molecule has 1 fully saturated rings. The zero-order chi connectivity index (χ0) is 22.2. The molecule has 0 radical (unpaired) electrons. The van der Waals surface area contributed by atoms with Gasteiger partial charge in [-0.25, -0.2) is 0 Å². The Morgan fingerprint density at radius 2 is 1.78 bits per heavy atom. The Labute approximate surface area is 188 Å². The van der Waals surface area contributed by atoms with Crippen LogP contribution in [0.15, 0.2) is 71.4 Å². The minimum atomic E-state index is -0.119. The first kappa shape index (κ1) is 22.2. The maximum Gasteiger partial charge on any atom is 0.237 e. The molecule has 0 bridgehead atoms. The molecule has 1 aliphatic rings. The lowest BCUT2D eigenvalue weighted by Gasteiger charge is -2.25. The number of nitrogens with zero attached hydrogens (tertiary/aromatic N) is 3. The van der Waals surface area contributed by atoms with Crippen LogP contribution >= 0.6 is 0 Å². The second kappa shape index (κ2) is 11.0. The molecule has 0 saturated carbocycles. The Morgan fingerprint density at radius 1 is 0.969 bits per heavy atom. The van der Waals surface area contributed by atoms with Gasteiger partial charge in [-0.3, -0.25) is 14.7 Å². The van der Waals surface area contributed by atoms with Crippen LogP contribution in [0.25, 0.3) is 0 Å². The number of pyridine rings is 1. The van der Waals surface area contributed by atoms with Crippen LogP contribution in [0.2, 0.25) is 0 Å². The third-order valence-electron chi connectivity index (χ3n) is 5.41. The van der Waals surface area contributed by atoms with Gasteiger partial charge >= 0.3 is 0 Å². The molecule has 0 unspecified atom stereocenters. The summed E-state index contributed by atoms with van der Waals surface area (Å²) in [6.07, 6.45) is 3.42. The largest absolute Gasteiger partial charge is 0.462 e. The highest BCUT2D eigenvalue weighted by Crippen LogP contribution is 2.17. The molecule has 3 aromatic rings. The van der Waals surface area contributed by atoms with Gasteiger partial charge in [0.15, 0.2) is 0 Å². The highest BCUT2D eigenvalue weighted by Gasteiger charge is 2.29. The Hall–Kier alpha value is -3.00. The van der Waals surface area contributed by atoms with Gasteiger partial charge in [-0.15, -0.1) is 0 Å². The minimum Gasteiger partial charge on any atom is -0.462 e. The molecule has 3 heterocycles. The van der Waals surface area contributed by atoms with Crippen LogP contribution < -0.4 is 0 Å². The molecule has 7 heteroatoms. The fourth-order valence-electron chi connectivity index (χ4n) is 3.88. The molecule has 0 aliphatic carbocycles. The summed E-state index contributed by atoms with van der Waals surface area (Å²) in [6, 6.07) is 17.8. The van der Waals surface area contributed by atoms with Crippen LogP contribution in [-0.4, -0.2) is 53.5 Å². The van der Waals surface area contributed by atoms with Crippen molar-refractivity contribution in [3.8, 4) is 0 Å². The Bertz CT molecular complexity index is 977. The van der Waals surface area contributed by atoms with Crippen molar-refractivity contribution in [1.29, 1.82) is 0 Å². The van der Waals surface area contributed by atoms with E-state index >= 15 is 0 Å². The monoisotopic (exact) mass is 435 g/mol. The quantitative estimate of drug-likeness (QED) is 0.514. The van der Waals surface area contributed by atoms with E-state index in [1.54, 1.807) is 19.5 Å². The molecular weight excluding hydrogens is 406 g/mol. The summed E-state index contributed by atoms with van der Waals surface area (Å²) in [4.78, 5) is 21.2. The highest BCUT2D eigenvalue weighted by molar-refractivity contribution is 5.78. The van der Waals surface area contributed by atoms with Crippen molar-refractivity contribution in [3.05, 3.63) is 89.6 Å². The second-order valence-corrected chi connectivity index (χ2v) is 8.02. The lowest BCUT2D eigenvalue weighted by Crippen LogP contribution is -2.37. The molecule has 1 saturated heterocycles. The molecular formula is C25H29N3O4. The van der Waals surface area contributed by atoms with E-state index in [-0.39, 0.29) is 12.0 Å². The smallest absolute Gasteiger partial charge is 0.237 e. The van der Waals surface area contributed by atoms with Gasteiger partial charge in [-0.05, 0) is 29.3 Å². The number of hydrogen-bond acceptors (Lipinski definition) is 6. The van der Waals surface area contributed by atoms with Crippen LogP contribution in [0.4, 0.5) is 0 Å². The minimum absolute atomic E-state index is 0.0725. The lowest BCUT2D eigenvalue weighted by molar-refractivity contribution is -0.132. The van der Waals surface area contributed by atoms with Gasteiger partial charge < -0.3 is 18.8 Å². The number of hydrogen-bond donors (Lipinski definition) is 0. The zero-order valence-corrected chi connectivity index (χ0v) is 18.4. The maximum atomic E-state index is 13.1. The first-order chi connectivity index (χ1) is 15.7. The maximum absolute atomic E-state index is 13.1. The average Bonchev–Trinajstić information content (AvgIpc) is 3.19.